The van der Waals surface area contributed by atoms with Crippen molar-refractivity contribution in [1.82, 2.24) is 15.2 Å². The molecule has 2 fully saturated rings. The first-order valence-electron chi connectivity index (χ1n) is 10.4. The number of hydrogen-bond acceptors (Lipinski definition) is 3. The maximum Gasteiger partial charge on any atom is 0.282 e. The van der Waals surface area contributed by atoms with Crippen LogP contribution in [0.5, 0.6) is 0 Å². The quantitative estimate of drug-likeness (QED) is 0.770. The van der Waals surface area contributed by atoms with Crippen molar-refractivity contribution in [3.8, 4) is 0 Å². The zero-order valence-electron chi connectivity index (χ0n) is 17.1. The number of nitrogens with one attached hydrogen (secondary N) is 1. The Kier molecular flexibility index (Phi) is 5.66. The number of pyridine rings is 1. The van der Waals surface area contributed by atoms with E-state index in [9.17, 15) is 14.0 Å². The number of rotatable bonds is 5. The number of aromatic nitrogens is 1. The van der Waals surface area contributed by atoms with Gasteiger partial charge in [0.05, 0.1) is 12.2 Å². The first kappa shape index (κ1) is 20.3. The van der Waals surface area contributed by atoms with Crippen molar-refractivity contribution in [3.05, 3.63) is 71.3 Å². The summed E-state index contributed by atoms with van der Waals surface area (Å²) in [6.45, 7) is 3.32. The van der Waals surface area contributed by atoms with Crippen LogP contribution in [0.3, 0.4) is 0 Å². The normalized spacial score (nSPS) is 20.1. The van der Waals surface area contributed by atoms with Gasteiger partial charge in [-0.1, -0.05) is 36.4 Å². The number of amides is 2. The van der Waals surface area contributed by atoms with E-state index < -0.39 is 11.7 Å². The average molecular weight is 407 g/mol. The number of benzene rings is 1. The molecule has 1 aromatic heterocycles. The van der Waals surface area contributed by atoms with E-state index in [2.05, 4.69) is 10.3 Å². The molecule has 0 radical (unpaired) electrons. The first-order valence-corrected chi connectivity index (χ1v) is 10.4. The summed E-state index contributed by atoms with van der Waals surface area (Å²) >= 11 is 0. The van der Waals surface area contributed by atoms with E-state index in [-0.39, 0.29) is 17.2 Å². The second kappa shape index (κ2) is 8.38. The molecule has 1 aliphatic carbocycles. The second-order valence-corrected chi connectivity index (χ2v) is 8.30. The van der Waals surface area contributed by atoms with Crippen molar-refractivity contribution in [1.29, 1.82) is 0 Å². The van der Waals surface area contributed by atoms with E-state index in [1.807, 2.05) is 43.3 Å². The van der Waals surface area contributed by atoms with Crippen LogP contribution in [0.4, 0.5) is 4.39 Å². The van der Waals surface area contributed by atoms with E-state index in [4.69, 9.17) is 0 Å². The Morgan fingerprint density at radius 1 is 1.17 bits per heavy atom. The molecule has 1 saturated heterocycles. The SMILES string of the molecule is Cc1cccc(CNC(=O)[C@@H]2CC23CCN(C(=O)/C(F)=C/c2ccccc2)CC3)n1. The molecule has 1 saturated carbocycles. The molecule has 5 nitrogen and oxygen atoms in total. The molecule has 0 bridgehead atoms. The minimum absolute atomic E-state index is 0.0238. The number of nitrogens with zero attached hydrogens (tertiary/aromatic N) is 2. The Bertz CT molecular complexity index is 965. The average Bonchev–Trinajstić information content (AvgIpc) is 3.46. The van der Waals surface area contributed by atoms with Gasteiger partial charge in [0.1, 0.15) is 0 Å². The van der Waals surface area contributed by atoms with E-state index >= 15 is 0 Å². The third-order valence-electron chi connectivity index (χ3n) is 6.24. The van der Waals surface area contributed by atoms with E-state index in [1.54, 1.807) is 17.0 Å². The lowest BCUT2D eigenvalue weighted by atomic mass is 9.90. The van der Waals surface area contributed by atoms with Gasteiger partial charge < -0.3 is 10.2 Å². The minimum Gasteiger partial charge on any atom is -0.350 e. The van der Waals surface area contributed by atoms with Crippen molar-refractivity contribution in [2.45, 2.75) is 32.7 Å². The van der Waals surface area contributed by atoms with Gasteiger partial charge in [-0.3, -0.25) is 14.6 Å². The Morgan fingerprint density at radius 2 is 1.90 bits per heavy atom. The fourth-order valence-electron chi connectivity index (χ4n) is 4.33. The summed E-state index contributed by atoms with van der Waals surface area (Å²) in [6.07, 6.45) is 3.58. The highest BCUT2D eigenvalue weighted by Crippen LogP contribution is 2.59. The molecule has 30 heavy (non-hydrogen) atoms. The molecule has 2 heterocycles. The van der Waals surface area contributed by atoms with Crippen LogP contribution in [-0.2, 0) is 16.1 Å². The van der Waals surface area contributed by atoms with Crippen molar-refractivity contribution in [2.75, 3.05) is 13.1 Å². The lowest BCUT2D eigenvalue weighted by Crippen LogP contribution is -2.40. The van der Waals surface area contributed by atoms with Gasteiger partial charge in [-0.15, -0.1) is 0 Å². The third-order valence-corrected chi connectivity index (χ3v) is 6.24. The summed E-state index contributed by atoms with van der Waals surface area (Å²) in [6, 6.07) is 14.7. The lowest BCUT2D eigenvalue weighted by Gasteiger charge is -2.32. The lowest BCUT2D eigenvalue weighted by molar-refractivity contribution is -0.130. The number of carbonyl (C=O) groups is 2. The predicted molar refractivity (Wildman–Crippen MR) is 113 cm³/mol. The van der Waals surface area contributed by atoms with Gasteiger partial charge in [0.15, 0.2) is 5.83 Å². The molecule has 1 atom stereocenters. The van der Waals surface area contributed by atoms with Crippen molar-refractivity contribution in [3.63, 3.8) is 0 Å². The minimum atomic E-state index is -0.743. The Labute approximate surface area is 176 Å². The summed E-state index contributed by atoms with van der Waals surface area (Å²) < 4.78 is 14.4. The first-order chi connectivity index (χ1) is 14.5. The predicted octanol–water partition coefficient (Wildman–Crippen LogP) is 3.65. The monoisotopic (exact) mass is 407 g/mol. The molecule has 4 rings (SSSR count). The van der Waals surface area contributed by atoms with E-state index in [0.717, 1.165) is 30.7 Å². The van der Waals surface area contributed by atoms with Gasteiger partial charge in [-0.2, -0.15) is 0 Å². The smallest absolute Gasteiger partial charge is 0.282 e. The maximum absolute atomic E-state index is 14.4. The van der Waals surface area contributed by atoms with E-state index in [1.165, 1.54) is 6.08 Å². The van der Waals surface area contributed by atoms with Crippen molar-refractivity contribution in [2.24, 2.45) is 11.3 Å². The van der Waals surface area contributed by atoms with Crippen LogP contribution >= 0.6 is 0 Å². The zero-order valence-corrected chi connectivity index (χ0v) is 17.1. The van der Waals surface area contributed by atoms with Gasteiger partial charge in [0.2, 0.25) is 5.91 Å². The van der Waals surface area contributed by atoms with Crippen LogP contribution in [0.1, 0.15) is 36.2 Å². The number of hydrogen-bond donors (Lipinski definition) is 1. The van der Waals surface area contributed by atoms with Crippen molar-refractivity contribution >= 4 is 17.9 Å². The Balaban J connectivity index is 1.28. The largest absolute Gasteiger partial charge is 0.350 e. The summed E-state index contributed by atoms with van der Waals surface area (Å²) in [5, 5.41) is 2.99. The number of piperidine rings is 1. The molecule has 1 aromatic carbocycles. The summed E-state index contributed by atoms with van der Waals surface area (Å²) in [5.41, 5.74) is 2.40. The molecular formula is C24H26FN3O2. The second-order valence-electron chi connectivity index (χ2n) is 8.30. The van der Waals surface area contributed by atoms with Crippen LogP contribution in [0, 0.1) is 18.3 Å². The molecule has 1 spiro atoms. The number of aryl methyl sites for hydroxylation is 1. The molecule has 1 N–H and O–H groups in total. The maximum atomic E-state index is 14.4. The van der Waals surface area contributed by atoms with Crippen molar-refractivity contribution < 1.29 is 14.0 Å². The van der Waals surface area contributed by atoms with Gasteiger partial charge in [0, 0.05) is 24.7 Å². The fraction of sp³-hybridized carbons (Fsp3) is 0.375. The number of likely N-dealkylation sites (tertiary alicyclic amines) is 1. The molecule has 0 unspecified atom stereocenters. The number of halogens is 1. The zero-order chi connectivity index (χ0) is 21.1. The standard InChI is InChI=1S/C24H26FN3O2/c1-17-6-5-9-19(27-17)16-26-22(29)20-15-24(20)10-12-28(13-11-24)23(30)21(25)14-18-7-3-2-4-8-18/h2-9,14,20H,10-13,15-16H2,1H3,(H,26,29)/b21-14-/t20-/m0/s1. The van der Waals surface area contributed by atoms with Crippen LogP contribution < -0.4 is 5.32 Å². The molecule has 156 valence electrons. The molecule has 2 aliphatic rings. The van der Waals surface area contributed by atoms with Gasteiger partial charge >= 0.3 is 0 Å². The molecular weight excluding hydrogens is 381 g/mol. The highest BCUT2D eigenvalue weighted by atomic mass is 19.1. The van der Waals surface area contributed by atoms with Crippen LogP contribution in [0.15, 0.2) is 54.4 Å². The topological polar surface area (TPSA) is 62.3 Å². The highest BCUT2D eigenvalue weighted by Gasteiger charge is 2.58. The Morgan fingerprint density at radius 3 is 2.60 bits per heavy atom. The Hall–Kier alpha value is -3.02. The van der Waals surface area contributed by atoms with Gasteiger partial charge in [-0.25, -0.2) is 4.39 Å². The third kappa shape index (κ3) is 4.42. The molecule has 2 amide bonds. The van der Waals surface area contributed by atoms with Crippen LogP contribution in [0.2, 0.25) is 0 Å². The van der Waals surface area contributed by atoms with Gasteiger partial charge in [0.25, 0.3) is 5.91 Å². The van der Waals surface area contributed by atoms with Crippen LogP contribution in [-0.4, -0.2) is 34.8 Å². The highest BCUT2D eigenvalue weighted by molar-refractivity contribution is 5.95. The summed E-state index contributed by atoms with van der Waals surface area (Å²) in [4.78, 5) is 31.0. The summed E-state index contributed by atoms with van der Waals surface area (Å²) in [5.74, 6) is -1.29. The van der Waals surface area contributed by atoms with Gasteiger partial charge in [-0.05, 0) is 55.4 Å². The molecule has 1 aliphatic heterocycles. The van der Waals surface area contributed by atoms with Crippen LogP contribution in [0.25, 0.3) is 6.08 Å². The molecule has 2 aromatic rings. The van der Waals surface area contributed by atoms with E-state index in [0.29, 0.717) is 25.2 Å². The molecule has 6 heteroatoms. The summed E-state index contributed by atoms with van der Waals surface area (Å²) in [7, 11) is 0. The fourth-order valence-corrected chi connectivity index (χ4v) is 4.33. The number of carbonyl (C=O) groups excluding carboxylic acids is 2.